The summed E-state index contributed by atoms with van der Waals surface area (Å²) in [6.45, 7) is 0. The van der Waals surface area contributed by atoms with E-state index in [4.69, 9.17) is 16.7 Å². The van der Waals surface area contributed by atoms with Crippen molar-refractivity contribution < 1.29 is 9.90 Å². The normalized spacial score (nSPS) is 11.2. The number of benzene rings is 1. The maximum absolute atomic E-state index is 10.4. The van der Waals surface area contributed by atoms with Gasteiger partial charge in [-0.15, -0.1) is 0 Å². The Labute approximate surface area is 75.1 Å². The largest absolute Gasteiger partial charge is 0.515 e. The third kappa shape index (κ3) is 1.66. The lowest BCUT2D eigenvalue weighted by Gasteiger charge is -1.99. The van der Waals surface area contributed by atoms with Gasteiger partial charge in [0.2, 0.25) is 0 Å². The van der Waals surface area contributed by atoms with Crippen molar-refractivity contribution in [3.05, 3.63) is 41.1 Å². The van der Waals surface area contributed by atoms with Gasteiger partial charge in [0.25, 0.3) is 0 Å². The second kappa shape index (κ2) is 3.93. The molecule has 0 saturated heterocycles. The molecule has 0 fully saturated rings. The average molecular weight is 183 g/mol. The van der Waals surface area contributed by atoms with Crippen molar-refractivity contribution in [2.24, 2.45) is 0 Å². The van der Waals surface area contributed by atoms with Crippen LogP contribution in [0.1, 0.15) is 5.56 Å². The molecule has 1 aromatic rings. The molecule has 3 heteroatoms. The van der Waals surface area contributed by atoms with Crippen molar-refractivity contribution in [2.45, 2.75) is 0 Å². The number of rotatable bonds is 2. The summed E-state index contributed by atoms with van der Waals surface area (Å²) in [7, 11) is 0. The van der Waals surface area contributed by atoms with Crippen LogP contribution in [-0.4, -0.2) is 11.4 Å². The molecule has 62 valence electrons. The van der Waals surface area contributed by atoms with E-state index >= 15 is 0 Å². The van der Waals surface area contributed by atoms with Gasteiger partial charge in [0, 0.05) is 10.6 Å². The third-order valence-corrected chi connectivity index (χ3v) is 1.78. The molecule has 0 aliphatic carbocycles. The molecule has 0 heterocycles. The predicted octanol–water partition coefficient (Wildman–Crippen LogP) is 2.44. The van der Waals surface area contributed by atoms with Crippen LogP contribution in [0.25, 0.3) is 5.57 Å². The van der Waals surface area contributed by atoms with Gasteiger partial charge in [-0.2, -0.15) is 0 Å². The molecule has 1 rings (SSSR count). The van der Waals surface area contributed by atoms with Crippen molar-refractivity contribution in [1.29, 1.82) is 0 Å². The minimum absolute atomic E-state index is 0.181. The average Bonchev–Trinajstić information content (AvgIpc) is 2.10. The van der Waals surface area contributed by atoms with Gasteiger partial charge in [0.15, 0.2) is 6.29 Å². The fourth-order valence-electron chi connectivity index (χ4n) is 0.859. The minimum atomic E-state index is 0.181. The number of hydrogen-bond acceptors (Lipinski definition) is 2. The molecule has 0 radical (unpaired) electrons. The van der Waals surface area contributed by atoms with Crippen molar-refractivity contribution in [1.82, 2.24) is 0 Å². The van der Waals surface area contributed by atoms with Crippen molar-refractivity contribution >= 4 is 23.5 Å². The Hall–Kier alpha value is -1.28. The van der Waals surface area contributed by atoms with E-state index < -0.39 is 0 Å². The molecule has 0 amide bonds. The molecular formula is C9H7ClO2. The SMILES string of the molecule is O=C/C(=C\O)c1ccccc1Cl. The van der Waals surface area contributed by atoms with Crippen LogP contribution in [0, 0.1) is 0 Å². The van der Waals surface area contributed by atoms with Crippen molar-refractivity contribution in [2.75, 3.05) is 0 Å². The van der Waals surface area contributed by atoms with Crippen molar-refractivity contribution in [3.63, 3.8) is 0 Å². The summed E-state index contributed by atoms with van der Waals surface area (Å²) in [6, 6.07) is 6.82. The summed E-state index contributed by atoms with van der Waals surface area (Å²) in [5, 5.41) is 9.10. The molecule has 2 nitrogen and oxygen atoms in total. The Morgan fingerprint density at radius 2 is 2.08 bits per heavy atom. The van der Waals surface area contributed by atoms with Crippen LogP contribution in [0.5, 0.6) is 0 Å². The van der Waals surface area contributed by atoms with Crippen LogP contribution in [0.2, 0.25) is 5.02 Å². The van der Waals surface area contributed by atoms with Crippen LogP contribution < -0.4 is 0 Å². The first-order valence-corrected chi connectivity index (χ1v) is 3.72. The van der Waals surface area contributed by atoms with E-state index in [1.165, 1.54) is 0 Å². The molecule has 0 atom stereocenters. The number of carbonyl (C=O) groups excluding carboxylic acids is 1. The topological polar surface area (TPSA) is 37.3 Å². The highest BCUT2D eigenvalue weighted by Gasteiger charge is 2.03. The highest BCUT2D eigenvalue weighted by molar-refractivity contribution is 6.33. The van der Waals surface area contributed by atoms with Gasteiger partial charge in [-0.3, -0.25) is 4.79 Å². The molecule has 0 bridgehead atoms. The lowest BCUT2D eigenvalue weighted by atomic mass is 10.1. The van der Waals surface area contributed by atoms with Gasteiger partial charge in [-0.25, -0.2) is 0 Å². The zero-order valence-corrected chi connectivity index (χ0v) is 6.95. The van der Waals surface area contributed by atoms with Gasteiger partial charge in [0.1, 0.15) is 0 Å². The molecule has 0 aliphatic heterocycles. The molecule has 0 spiro atoms. The van der Waals surface area contributed by atoms with E-state index in [0.29, 0.717) is 16.9 Å². The molecule has 0 unspecified atom stereocenters. The Morgan fingerprint density at radius 1 is 1.42 bits per heavy atom. The molecule has 0 saturated carbocycles. The number of aliphatic hydroxyl groups excluding tert-OH is 1. The van der Waals surface area contributed by atoms with Crippen molar-refractivity contribution in [3.8, 4) is 0 Å². The second-order valence-corrected chi connectivity index (χ2v) is 2.59. The van der Waals surface area contributed by atoms with E-state index in [2.05, 4.69) is 0 Å². The summed E-state index contributed by atoms with van der Waals surface area (Å²) >= 11 is 5.77. The van der Waals surface area contributed by atoms with Crippen LogP contribution in [0.3, 0.4) is 0 Å². The number of hydrogen-bond donors (Lipinski definition) is 1. The Kier molecular flexibility index (Phi) is 2.88. The molecule has 12 heavy (non-hydrogen) atoms. The van der Waals surface area contributed by atoms with E-state index in [1.54, 1.807) is 24.3 Å². The molecule has 0 aromatic heterocycles. The quantitative estimate of drug-likeness (QED) is 0.433. The van der Waals surface area contributed by atoms with E-state index in [-0.39, 0.29) is 5.57 Å². The highest BCUT2D eigenvalue weighted by atomic mass is 35.5. The van der Waals surface area contributed by atoms with Crippen LogP contribution in [0.15, 0.2) is 30.5 Å². The van der Waals surface area contributed by atoms with Gasteiger partial charge in [0.05, 0.1) is 11.8 Å². The molecular weight excluding hydrogens is 176 g/mol. The minimum Gasteiger partial charge on any atom is -0.515 e. The van der Waals surface area contributed by atoms with Crippen LogP contribution in [0.4, 0.5) is 0 Å². The highest BCUT2D eigenvalue weighted by Crippen LogP contribution is 2.21. The summed E-state index contributed by atoms with van der Waals surface area (Å²) in [5.41, 5.74) is 0.720. The second-order valence-electron chi connectivity index (χ2n) is 2.18. The summed E-state index contributed by atoms with van der Waals surface area (Å²) in [6.07, 6.45) is 1.30. The Balaban J connectivity index is 3.18. The van der Waals surface area contributed by atoms with Crippen LogP contribution in [-0.2, 0) is 4.79 Å². The molecule has 0 aliphatic rings. The first kappa shape index (κ1) is 8.81. The Bertz CT molecular complexity index is 318. The lowest BCUT2D eigenvalue weighted by molar-refractivity contribution is -0.103. The zero-order chi connectivity index (χ0) is 8.97. The molecule has 1 N–H and O–H groups in total. The van der Waals surface area contributed by atoms with Gasteiger partial charge in [-0.05, 0) is 6.07 Å². The standard InChI is InChI=1S/C9H7ClO2/c10-9-4-2-1-3-8(9)7(5-11)6-12/h1-6,11H/b7-5+. The zero-order valence-electron chi connectivity index (χ0n) is 6.20. The summed E-state index contributed by atoms with van der Waals surface area (Å²) in [5.74, 6) is 0. The Morgan fingerprint density at radius 3 is 2.58 bits per heavy atom. The number of carbonyl (C=O) groups is 1. The molecule has 1 aromatic carbocycles. The fourth-order valence-corrected chi connectivity index (χ4v) is 1.10. The third-order valence-electron chi connectivity index (χ3n) is 1.45. The number of aldehydes is 1. The van der Waals surface area contributed by atoms with Gasteiger partial charge in [-0.1, -0.05) is 29.8 Å². The lowest BCUT2D eigenvalue weighted by Crippen LogP contribution is -1.86. The van der Waals surface area contributed by atoms with Crippen LogP contribution >= 0.6 is 11.6 Å². The first-order valence-electron chi connectivity index (χ1n) is 3.34. The smallest absolute Gasteiger partial charge is 0.153 e. The number of allylic oxidation sites excluding steroid dienone is 1. The van der Waals surface area contributed by atoms with E-state index in [9.17, 15) is 4.79 Å². The summed E-state index contributed by atoms with van der Waals surface area (Å²) < 4.78 is 0. The van der Waals surface area contributed by atoms with Gasteiger partial charge < -0.3 is 5.11 Å². The fraction of sp³-hybridized carbons (Fsp3) is 0. The monoisotopic (exact) mass is 182 g/mol. The van der Waals surface area contributed by atoms with E-state index in [0.717, 1.165) is 6.26 Å². The number of halogens is 1. The van der Waals surface area contributed by atoms with Gasteiger partial charge >= 0.3 is 0 Å². The summed E-state index contributed by atoms with van der Waals surface area (Å²) in [4.78, 5) is 10.4. The predicted molar refractivity (Wildman–Crippen MR) is 48.1 cm³/mol. The van der Waals surface area contributed by atoms with E-state index in [1.807, 2.05) is 0 Å². The first-order chi connectivity index (χ1) is 5.79. The maximum Gasteiger partial charge on any atom is 0.153 e. The number of aliphatic hydroxyl groups is 1. The maximum atomic E-state index is 10.4.